The van der Waals surface area contributed by atoms with Crippen LogP contribution in [0.4, 0.5) is 4.39 Å². The number of nitrogens with one attached hydrogen (secondary N) is 1. The third-order valence-corrected chi connectivity index (χ3v) is 5.57. The van der Waals surface area contributed by atoms with Crippen molar-refractivity contribution in [2.75, 3.05) is 19.6 Å². The summed E-state index contributed by atoms with van der Waals surface area (Å²) in [6.07, 6.45) is 8.35. The maximum Gasteiger partial charge on any atom is 0.255 e. The van der Waals surface area contributed by atoms with Crippen LogP contribution in [0, 0.1) is 11.7 Å². The molecule has 1 aliphatic heterocycles. The Morgan fingerprint density at radius 3 is 2.61 bits per heavy atom. The number of hydrogen-bond donors (Lipinski definition) is 1. The van der Waals surface area contributed by atoms with E-state index in [1.165, 1.54) is 6.07 Å². The summed E-state index contributed by atoms with van der Waals surface area (Å²) in [5, 5.41) is 2.90. The van der Waals surface area contributed by atoms with Crippen molar-refractivity contribution < 1.29 is 14.0 Å². The van der Waals surface area contributed by atoms with E-state index >= 15 is 0 Å². The fourth-order valence-corrected chi connectivity index (χ4v) is 3.75. The molecule has 7 nitrogen and oxygen atoms in total. The molecule has 31 heavy (non-hydrogen) atoms. The van der Waals surface area contributed by atoms with Crippen molar-refractivity contribution in [3.8, 4) is 5.82 Å². The third kappa shape index (κ3) is 4.96. The predicted molar refractivity (Wildman–Crippen MR) is 113 cm³/mol. The van der Waals surface area contributed by atoms with E-state index in [2.05, 4.69) is 15.3 Å². The number of amides is 2. The summed E-state index contributed by atoms with van der Waals surface area (Å²) in [5.41, 5.74) is 1.12. The Bertz CT molecular complexity index is 1030. The van der Waals surface area contributed by atoms with Crippen molar-refractivity contribution in [1.29, 1.82) is 0 Å². The molecule has 1 fully saturated rings. The highest BCUT2D eigenvalue weighted by Gasteiger charge is 2.27. The lowest BCUT2D eigenvalue weighted by Crippen LogP contribution is -2.43. The molecular formula is C23H24FN5O2. The molecule has 3 aromatic rings. The van der Waals surface area contributed by atoms with Gasteiger partial charge in [-0.1, -0.05) is 18.2 Å². The number of piperidine rings is 1. The fraction of sp³-hybridized carbons (Fsp3) is 0.304. The van der Waals surface area contributed by atoms with Crippen molar-refractivity contribution in [3.63, 3.8) is 0 Å². The maximum atomic E-state index is 13.7. The minimum atomic E-state index is -0.254. The van der Waals surface area contributed by atoms with Gasteiger partial charge in [0.25, 0.3) is 5.91 Å². The van der Waals surface area contributed by atoms with Crippen LogP contribution < -0.4 is 5.32 Å². The zero-order chi connectivity index (χ0) is 21.6. The normalized spacial score (nSPS) is 14.4. The number of hydrogen-bond acceptors (Lipinski definition) is 4. The Labute approximate surface area is 179 Å². The number of carbonyl (C=O) groups is 2. The molecule has 160 valence electrons. The first-order valence-electron chi connectivity index (χ1n) is 10.4. The van der Waals surface area contributed by atoms with Crippen LogP contribution in [-0.2, 0) is 11.2 Å². The SMILES string of the molecule is O=C(NCCc1ccccc1F)C1CCN(C(=O)c2ccc(-n3ccnc3)nc2)CC1. The van der Waals surface area contributed by atoms with Gasteiger partial charge < -0.3 is 10.2 Å². The van der Waals surface area contributed by atoms with Gasteiger partial charge in [-0.05, 0) is 43.0 Å². The van der Waals surface area contributed by atoms with Crippen molar-refractivity contribution in [2.24, 2.45) is 5.92 Å². The number of carbonyl (C=O) groups excluding carboxylic acids is 2. The predicted octanol–water partition coefficient (Wildman–Crippen LogP) is 2.62. The molecule has 0 radical (unpaired) electrons. The molecule has 1 aromatic carbocycles. The van der Waals surface area contributed by atoms with Crippen LogP contribution in [0.1, 0.15) is 28.8 Å². The largest absolute Gasteiger partial charge is 0.356 e. The average molecular weight is 421 g/mol. The van der Waals surface area contributed by atoms with Crippen LogP contribution in [-0.4, -0.2) is 50.9 Å². The monoisotopic (exact) mass is 421 g/mol. The average Bonchev–Trinajstić information content (AvgIpc) is 3.35. The number of imidazole rings is 1. The third-order valence-electron chi connectivity index (χ3n) is 5.57. The molecule has 0 spiro atoms. The lowest BCUT2D eigenvalue weighted by molar-refractivity contribution is -0.126. The summed E-state index contributed by atoms with van der Waals surface area (Å²) in [4.78, 5) is 35.3. The lowest BCUT2D eigenvalue weighted by Gasteiger charge is -2.31. The number of halogens is 1. The van der Waals surface area contributed by atoms with E-state index in [-0.39, 0.29) is 23.5 Å². The molecule has 2 aromatic heterocycles. The molecule has 1 aliphatic rings. The van der Waals surface area contributed by atoms with Crippen molar-refractivity contribution in [1.82, 2.24) is 24.8 Å². The van der Waals surface area contributed by atoms with Gasteiger partial charge in [-0.3, -0.25) is 14.2 Å². The second kappa shape index (κ2) is 9.51. The summed E-state index contributed by atoms with van der Waals surface area (Å²) in [5.74, 6) is 0.195. The fourth-order valence-electron chi connectivity index (χ4n) is 3.75. The summed E-state index contributed by atoms with van der Waals surface area (Å²) in [6.45, 7) is 1.44. The molecule has 3 heterocycles. The zero-order valence-corrected chi connectivity index (χ0v) is 17.1. The van der Waals surface area contributed by atoms with Gasteiger partial charge in [0, 0.05) is 44.1 Å². The molecule has 2 amide bonds. The second-order valence-electron chi connectivity index (χ2n) is 7.57. The van der Waals surface area contributed by atoms with Gasteiger partial charge >= 0.3 is 0 Å². The number of nitrogens with zero attached hydrogens (tertiary/aromatic N) is 4. The minimum absolute atomic E-state index is 0.0326. The van der Waals surface area contributed by atoms with Gasteiger partial charge in [-0.15, -0.1) is 0 Å². The Morgan fingerprint density at radius 2 is 1.94 bits per heavy atom. The summed E-state index contributed by atoms with van der Waals surface area (Å²) < 4.78 is 15.4. The smallest absolute Gasteiger partial charge is 0.255 e. The number of aromatic nitrogens is 3. The Morgan fingerprint density at radius 1 is 1.13 bits per heavy atom. The first kappa shape index (κ1) is 20.7. The topological polar surface area (TPSA) is 80.1 Å². The quantitative estimate of drug-likeness (QED) is 0.664. The molecule has 8 heteroatoms. The summed E-state index contributed by atoms with van der Waals surface area (Å²) in [7, 11) is 0. The van der Waals surface area contributed by atoms with E-state index in [1.54, 1.807) is 64.7 Å². The zero-order valence-electron chi connectivity index (χ0n) is 17.1. The molecule has 4 rings (SSSR count). The van der Waals surface area contributed by atoms with E-state index in [4.69, 9.17) is 0 Å². The number of rotatable bonds is 6. The maximum absolute atomic E-state index is 13.7. The van der Waals surface area contributed by atoms with Crippen molar-refractivity contribution in [3.05, 3.63) is 78.3 Å². The highest BCUT2D eigenvalue weighted by Crippen LogP contribution is 2.19. The molecule has 0 unspecified atom stereocenters. The van der Waals surface area contributed by atoms with Crippen LogP contribution in [0.15, 0.2) is 61.3 Å². The van der Waals surface area contributed by atoms with Gasteiger partial charge in [0.05, 0.1) is 5.56 Å². The Balaban J connectivity index is 1.24. The van der Waals surface area contributed by atoms with Gasteiger partial charge in [0.15, 0.2) is 0 Å². The van der Waals surface area contributed by atoms with Crippen LogP contribution in [0.5, 0.6) is 0 Å². The van der Waals surface area contributed by atoms with Crippen LogP contribution in [0.2, 0.25) is 0 Å². The van der Waals surface area contributed by atoms with E-state index in [9.17, 15) is 14.0 Å². The van der Waals surface area contributed by atoms with E-state index in [1.807, 2.05) is 0 Å². The Kier molecular flexibility index (Phi) is 6.35. The number of likely N-dealkylation sites (tertiary alicyclic amines) is 1. The van der Waals surface area contributed by atoms with E-state index in [0.717, 1.165) is 0 Å². The van der Waals surface area contributed by atoms with Crippen LogP contribution in [0.25, 0.3) is 5.82 Å². The molecule has 0 saturated carbocycles. The molecule has 0 bridgehead atoms. The number of pyridine rings is 1. The van der Waals surface area contributed by atoms with E-state index < -0.39 is 0 Å². The summed E-state index contributed by atoms with van der Waals surface area (Å²) >= 11 is 0. The van der Waals surface area contributed by atoms with Crippen LogP contribution in [0.3, 0.4) is 0 Å². The highest BCUT2D eigenvalue weighted by molar-refractivity contribution is 5.94. The second-order valence-corrected chi connectivity index (χ2v) is 7.57. The van der Waals surface area contributed by atoms with Crippen LogP contribution >= 0.6 is 0 Å². The molecular weight excluding hydrogens is 397 g/mol. The minimum Gasteiger partial charge on any atom is -0.356 e. The van der Waals surface area contributed by atoms with E-state index in [0.29, 0.717) is 55.8 Å². The van der Waals surface area contributed by atoms with Gasteiger partial charge in [0.1, 0.15) is 18.0 Å². The molecule has 1 saturated heterocycles. The molecule has 0 aliphatic carbocycles. The Hall–Kier alpha value is -3.55. The molecule has 1 N–H and O–H groups in total. The van der Waals surface area contributed by atoms with Crippen molar-refractivity contribution in [2.45, 2.75) is 19.3 Å². The van der Waals surface area contributed by atoms with Gasteiger partial charge in [-0.25, -0.2) is 14.4 Å². The molecule has 0 atom stereocenters. The number of benzene rings is 1. The highest BCUT2D eigenvalue weighted by atomic mass is 19.1. The summed E-state index contributed by atoms with van der Waals surface area (Å²) in [6, 6.07) is 10.1. The first-order chi connectivity index (χ1) is 15.1. The van der Waals surface area contributed by atoms with Gasteiger partial charge in [0.2, 0.25) is 5.91 Å². The van der Waals surface area contributed by atoms with Crippen molar-refractivity contribution >= 4 is 11.8 Å². The lowest BCUT2D eigenvalue weighted by atomic mass is 9.95. The first-order valence-corrected chi connectivity index (χ1v) is 10.4. The standard InChI is InChI=1S/C23H24FN5O2/c24-20-4-2-1-3-17(20)7-10-26-22(30)18-8-12-28(13-9-18)23(31)19-5-6-21(27-15-19)29-14-11-25-16-29/h1-6,11,14-16,18H,7-10,12-13H2,(H,26,30). The van der Waals surface area contributed by atoms with Gasteiger partial charge in [-0.2, -0.15) is 0 Å².